The van der Waals surface area contributed by atoms with Gasteiger partial charge in [-0.3, -0.25) is 9.32 Å². The van der Waals surface area contributed by atoms with Crippen molar-refractivity contribution in [3.05, 3.63) is 48.8 Å². The summed E-state index contributed by atoms with van der Waals surface area (Å²) < 4.78 is 32.4. The Kier molecular flexibility index (Phi) is 28.9. The molecule has 0 amide bonds. The molecule has 0 saturated carbocycles. The molecule has 1 aliphatic rings. The van der Waals surface area contributed by atoms with Gasteiger partial charge in [-0.25, -0.2) is 4.57 Å². The lowest BCUT2D eigenvalue weighted by Gasteiger charge is -2.17. The second kappa shape index (κ2) is 31.3. The normalized spacial score (nSPS) is 17.3. The first-order valence-corrected chi connectivity index (χ1v) is 20.6. The van der Waals surface area contributed by atoms with Crippen LogP contribution < -0.4 is 0 Å². The maximum absolute atomic E-state index is 12.3. The average Bonchev–Trinajstić information content (AvgIpc) is 3.81. The van der Waals surface area contributed by atoms with Gasteiger partial charge in [0.15, 0.2) is 6.10 Å². The molecule has 0 spiro atoms. The number of carbonyl (C=O) groups excluding carboxylic acids is 1. The number of unbranched alkanes of at least 4 members (excludes halogenated alkanes) is 16. The van der Waals surface area contributed by atoms with Gasteiger partial charge in [0, 0.05) is 6.42 Å². The van der Waals surface area contributed by atoms with E-state index >= 15 is 0 Å². The van der Waals surface area contributed by atoms with E-state index < -0.39 is 26.5 Å². The van der Waals surface area contributed by atoms with Crippen molar-refractivity contribution in [2.45, 2.75) is 180 Å². The smallest absolute Gasteiger partial charge is 0.469 e. The van der Waals surface area contributed by atoms with Crippen molar-refractivity contribution < 1.29 is 37.9 Å². The number of ether oxygens (including phenoxy) is 3. The fourth-order valence-electron chi connectivity index (χ4n) is 5.38. The van der Waals surface area contributed by atoms with Gasteiger partial charge in [-0.05, 0) is 63.9 Å². The molecule has 0 aromatic carbocycles. The predicted molar refractivity (Wildman–Crippen MR) is 197 cm³/mol. The fraction of sp³-hybridized carbons (Fsp3) is 0.769. The summed E-state index contributed by atoms with van der Waals surface area (Å²) >= 11 is 0. The molecule has 278 valence electrons. The van der Waals surface area contributed by atoms with Gasteiger partial charge < -0.3 is 24.0 Å². The number of phosphoric ester groups is 1. The monoisotopic (exact) mass is 696 g/mol. The van der Waals surface area contributed by atoms with Crippen LogP contribution in [0.1, 0.15) is 162 Å². The van der Waals surface area contributed by atoms with E-state index in [1.54, 1.807) is 6.26 Å². The van der Waals surface area contributed by atoms with Crippen molar-refractivity contribution in [3.8, 4) is 0 Å². The third-order valence-corrected chi connectivity index (χ3v) is 8.83. The summed E-state index contributed by atoms with van der Waals surface area (Å²) in [6, 6.07) is 0. The van der Waals surface area contributed by atoms with Crippen molar-refractivity contribution in [1.29, 1.82) is 0 Å². The Hall–Kier alpha value is -1.70. The molecule has 0 aromatic rings. The topological polar surface area (TPSA) is 115 Å². The summed E-state index contributed by atoms with van der Waals surface area (Å²) in [4.78, 5) is 30.5. The molecule has 48 heavy (non-hydrogen) atoms. The zero-order valence-electron chi connectivity index (χ0n) is 30.3. The second-order valence-electron chi connectivity index (χ2n) is 13.0. The molecular formula is C39H69O8P. The van der Waals surface area contributed by atoms with Gasteiger partial charge in [0.25, 0.3) is 0 Å². The molecule has 0 aromatic heterocycles. The lowest BCUT2D eigenvalue weighted by atomic mass is 10.0. The molecular weight excluding hydrogens is 627 g/mol. The lowest BCUT2D eigenvalue weighted by Crippen LogP contribution is -2.27. The molecule has 9 heteroatoms. The van der Waals surface area contributed by atoms with Gasteiger partial charge in [-0.1, -0.05) is 134 Å². The van der Waals surface area contributed by atoms with Crippen molar-refractivity contribution in [3.63, 3.8) is 0 Å². The van der Waals surface area contributed by atoms with Crippen molar-refractivity contribution >= 4 is 13.8 Å². The Morgan fingerprint density at radius 3 is 1.81 bits per heavy atom. The molecule has 1 fully saturated rings. The van der Waals surface area contributed by atoms with E-state index in [9.17, 15) is 9.36 Å². The number of allylic oxidation sites excluding steroid dienone is 5. The van der Waals surface area contributed by atoms with E-state index in [-0.39, 0.29) is 13.0 Å². The molecule has 8 nitrogen and oxygen atoms in total. The average molecular weight is 697 g/mol. The van der Waals surface area contributed by atoms with Crippen LogP contribution in [0.3, 0.4) is 0 Å². The Morgan fingerprint density at radius 2 is 1.17 bits per heavy atom. The summed E-state index contributed by atoms with van der Waals surface area (Å²) in [6.07, 6.45) is 42.2. The van der Waals surface area contributed by atoms with Gasteiger partial charge in [0.2, 0.25) is 0 Å². The van der Waals surface area contributed by atoms with Crippen LogP contribution in [0.5, 0.6) is 0 Å². The maximum atomic E-state index is 12.3. The Labute approximate surface area is 293 Å². The number of phosphoric acid groups is 1. The number of epoxide rings is 1. The van der Waals surface area contributed by atoms with Crippen LogP contribution in [0.15, 0.2) is 48.8 Å². The van der Waals surface area contributed by atoms with Gasteiger partial charge in [-0.15, -0.1) is 0 Å². The summed E-state index contributed by atoms with van der Waals surface area (Å²) in [5.74, 6) is -0.443. The van der Waals surface area contributed by atoms with Gasteiger partial charge in [0.05, 0.1) is 25.1 Å². The summed E-state index contributed by atoms with van der Waals surface area (Å²) in [5, 5.41) is 0. The zero-order valence-corrected chi connectivity index (χ0v) is 31.2. The SMILES string of the molecule is CCCCC/C=C\CC1OC1C/C=C\C/C=C\CCCC(=O)O[C@H](CO/C=C/CCCCCCCCCCCCCC)COP(=O)(O)O. The summed E-state index contributed by atoms with van der Waals surface area (Å²) in [5.41, 5.74) is 0. The van der Waals surface area contributed by atoms with E-state index in [4.69, 9.17) is 24.0 Å². The lowest BCUT2D eigenvalue weighted by molar-refractivity contribution is -0.153. The largest absolute Gasteiger partial charge is 0.498 e. The molecule has 1 saturated heterocycles. The molecule has 0 bridgehead atoms. The minimum absolute atomic E-state index is 0.0324. The number of rotatable bonds is 34. The van der Waals surface area contributed by atoms with Crippen LogP contribution in [-0.2, 0) is 28.1 Å². The van der Waals surface area contributed by atoms with Crippen LogP contribution >= 0.6 is 7.82 Å². The van der Waals surface area contributed by atoms with Crippen molar-refractivity contribution in [2.75, 3.05) is 13.2 Å². The van der Waals surface area contributed by atoms with Gasteiger partial charge in [0.1, 0.15) is 6.61 Å². The molecule has 0 aliphatic carbocycles. The maximum Gasteiger partial charge on any atom is 0.469 e. The Bertz CT molecular complexity index is 925. The summed E-state index contributed by atoms with van der Waals surface area (Å²) in [7, 11) is -4.69. The van der Waals surface area contributed by atoms with Gasteiger partial charge >= 0.3 is 13.8 Å². The molecule has 1 rings (SSSR count). The van der Waals surface area contributed by atoms with Crippen LogP contribution in [0, 0.1) is 0 Å². The quantitative estimate of drug-likeness (QED) is 0.0171. The number of hydrogen-bond acceptors (Lipinski definition) is 6. The van der Waals surface area contributed by atoms with E-state index in [1.165, 1.54) is 96.3 Å². The highest BCUT2D eigenvalue weighted by Gasteiger charge is 2.35. The highest BCUT2D eigenvalue weighted by atomic mass is 31.2. The van der Waals surface area contributed by atoms with E-state index in [0.29, 0.717) is 18.6 Å². The highest BCUT2D eigenvalue weighted by molar-refractivity contribution is 7.46. The van der Waals surface area contributed by atoms with Crippen LogP contribution in [0.4, 0.5) is 0 Å². The molecule has 2 unspecified atom stereocenters. The molecule has 1 heterocycles. The summed E-state index contributed by atoms with van der Waals surface area (Å²) in [6.45, 7) is 4.01. The zero-order chi connectivity index (χ0) is 35.0. The van der Waals surface area contributed by atoms with E-state index in [0.717, 1.165) is 38.5 Å². The number of esters is 1. The van der Waals surface area contributed by atoms with Crippen molar-refractivity contribution in [1.82, 2.24) is 0 Å². The Balaban J connectivity index is 2.11. The van der Waals surface area contributed by atoms with E-state index in [1.807, 2.05) is 6.08 Å². The number of carbonyl (C=O) groups is 1. The van der Waals surface area contributed by atoms with Crippen LogP contribution in [0.25, 0.3) is 0 Å². The van der Waals surface area contributed by atoms with E-state index in [2.05, 4.69) is 54.8 Å². The van der Waals surface area contributed by atoms with Gasteiger partial charge in [-0.2, -0.15) is 0 Å². The fourth-order valence-corrected chi connectivity index (χ4v) is 5.74. The van der Waals surface area contributed by atoms with Crippen molar-refractivity contribution in [2.24, 2.45) is 0 Å². The standard InChI is InChI=1S/C39H69O8P/c1-3-5-7-9-11-12-13-14-15-16-17-21-25-29-33-44-34-36(35-45-48(41,42)43)46-39(40)32-28-24-20-18-19-23-27-31-38-37(47-38)30-26-22-10-8-6-4-2/h18,20,22-23,26-27,29,33,36-38H,3-17,19,21,24-25,28,30-32,34-35H2,1-2H3,(H2,41,42,43)/b20-18-,26-22-,27-23-,33-29+/t36-,37?,38?/m1/s1. The predicted octanol–water partition coefficient (Wildman–Crippen LogP) is 11.0. The third kappa shape index (κ3) is 30.4. The molecule has 2 N–H and O–H groups in total. The third-order valence-electron chi connectivity index (χ3n) is 8.35. The minimum Gasteiger partial charge on any atom is -0.498 e. The number of hydrogen-bond donors (Lipinski definition) is 2. The first kappa shape index (κ1) is 44.3. The molecule has 0 radical (unpaired) electrons. The second-order valence-corrected chi connectivity index (χ2v) is 14.2. The molecule has 1 aliphatic heterocycles. The molecule has 3 atom stereocenters. The highest BCUT2D eigenvalue weighted by Crippen LogP contribution is 2.36. The van der Waals surface area contributed by atoms with Crippen LogP contribution in [0.2, 0.25) is 0 Å². The first-order chi connectivity index (χ1) is 23.4. The first-order valence-electron chi connectivity index (χ1n) is 19.1. The van der Waals surface area contributed by atoms with Crippen LogP contribution in [-0.4, -0.2) is 47.3 Å². The minimum atomic E-state index is -4.69. The Morgan fingerprint density at radius 1 is 0.667 bits per heavy atom.